The average Bonchev–Trinajstić information content (AvgIpc) is 3.41. The highest BCUT2D eigenvalue weighted by Crippen LogP contribution is 2.22. The van der Waals surface area contributed by atoms with Crippen LogP contribution in [-0.4, -0.2) is 20.7 Å². The molecule has 0 fully saturated rings. The molecule has 0 bridgehead atoms. The van der Waals surface area contributed by atoms with Crippen LogP contribution in [0.5, 0.6) is 5.75 Å². The van der Waals surface area contributed by atoms with Crippen molar-refractivity contribution in [2.75, 3.05) is 5.32 Å². The molecule has 9 heteroatoms. The Kier molecular flexibility index (Phi) is 6.23. The van der Waals surface area contributed by atoms with Gasteiger partial charge >= 0.3 is 0 Å². The van der Waals surface area contributed by atoms with Gasteiger partial charge in [-0.15, -0.1) is 5.10 Å². The fraction of sp³-hybridized carbons (Fsp3) is 0.174. The Labute approximate surface area is 188 Å². The predicted molar refractivity (Wildman–Crippen MR) is 117 cm³/mol. The van der Waals surface area contributed by atoms with Gasteiger partial charge in [0.05, 0.1) is 6.54 Å². The van der Waals surface area contributed by atoms with Crippen LogP contribution in [0.4, 0.5) is 10.3 Å². The highest BCUT2D eigenvalue weighted by Gasteiger charge is 2.15. The highest BCUT2D eigenvalue weighted by atomic mass is 35.5. The van der Waals surface area contributed by atoms with E-state index in [1.54, 1.807) is 18.2 Å². The third-order valence-electron chi connectivity index (χ3n) is 4.74. The van der Waals surface area contributed by atoms with E-state index in [1.165, 1.54) is 23.1 Å². The second-order valence-electron chi connectivity index (χ2n) is 7.24. The van der Waals surface area contributed by atoms with Crippen molar-refractivity contribution < 1.29 is 18.3 Å². The Balaban J connectivity index is 1.37. The number of benzene rings is 2. The number of nitrogens with one attached hydrogen (secondary N) is 1. The lowest BCUT2D eigenvalue weighted by Crippen LogP contribution is -2.13. The fourth-order valence-corrected chi connectivity index (χ4v) is 3.25. The molecule has 164 valence electrons. The quantitative estimate of drug-likeness (QED) is 0.417. The molecule has 0 spiro atoms. The molecule has 1 amide bonds. The third kappa shape index (κ3) is 4.97. The van der Waals surface area contributed by atoms with Crippen LogP contribution in [0.3, 0.4) is 0 Å². The molecule has 0 aliphatic heterocycles. The van der Waals surface area contributed by atoms with Crippen molar-refractivity contribution in [3.63, 3.8) is 0 Å². The number of nitrogens with zero attached hydrogens (tertiary/aromatic N) is 3. The molecule has 4 aromatic rings. The van der Waals surface area contributed by atoms with E-state index in [4.69, 9.17) is 20.8 Å². The van der Waals surface area contributed by atoms with E-state index in [0.29, 0.717) is 5.76 Å². The van der Waals surface area contributed by atoms with Gasteiger partial charge in [-0.25, -0.2) is 14.1 Å². The van der Waals surface area contributed by atoms with Crippen LogP contribution >= 0.6 is 11.6 Å². The van der Waals surface area contributed by atoms with Crippen molar-refractivity contribution in [3.8, 4) is 5.75 Å². The molecule has 2 aromatic carbocycles. The average molecular weight is 455 g/mol. The highest BCUT2D eigenvalue weighted by molar-refractivity contribution is 6.31. The molecule has 1 N–H and O–H groups in total. The predicted octanol–water partition coefficient (Wildman–Crippen LogP) is 5.16. The summed E-state index contributed by atoms with van der Waals surface area (Å²) in [7, 11) is 0. The van der Waals surface area contributed by atoms with Gasteiger partial charge in [0.2, 0.25) is 5.95 Å². The zero-order valence-corrected chi connectivity index (χ0v) is 18.2. The molecule has 0 aliphatic carbocycles. The van der Waals surface area contributed by atoms with E-state index in [9.17, 15) is 9.18 Å². The summed E-state index contributed by atoms with van der Waals surface area (Å²) in [6.07, 6.45) is 1.38. The van der Waals surface area contributed by atoms with E-state index < -0.39 is 11.7 Å². The number of amides is 1. The standard InChI is InChI=1S/C23H20ClFN4O3/c1-14-6-7-15(2)21(10-14)31-12-16-8-9-20(32-16)22(30)27-23-26-13-29(28-23)11-17-18(24)4-3-5-19(17)25/h3-10,13H,11-12H2,1-2H3,(H,27,28,30). The van der Waals surface area contributed by atoms with Gasteiger partial charge < -0.3 is 9.15 Å². The van der Waals surface area contributed by atoms with Crippen molar-refractivity contribution in [3.05, 3.63) is 93.9 Å². The molecule has 0 saturated heterocycles. The molecule has 7 nitrogen and oxygen atoms in total. The van der Waals surface area contributed by atoms with Crippen LogP contribution < -0.4 is 10.1 Å². The normalized spacial score (nSPS) is 10.9. The minimum absolute atomic E-state index is 0.0621. The summed E-state index contributed by atoms with van der Waals surface area (Å²) in [6, 6.07) is 13.6. The zero-order chi connectivity index (χ0) is 22.7. The Morgan fingerprint density at radius 1 is 1.22 bits per heavy atom. The van der Waals surface area contributed by atoms with E-state index in [0.717, 1.165) is 16.9 Å². The van der Waals surface area contributed by atoms with Crippen LogP contribution in [-0.2, 0) is 13.2 Å². The molecule has 0 aliphatic rings. The van der Waals surface area contributed by atoms with E-state index in [1.807, 2.05) is 32.0 Å². The largest absolute Gasteiger partial charge is 0.485 e. The summed E-state index contributed by atoms with van der Waals surface area (Å²) < 4.78 is 26.7. The number of halogens is 2. The van der Waals surface area contributed by atoms with Crippen LogP contribution in [0.2, 0.25) is 5.02 Å². The first kappa shape index (κ1) is 21.6. The summed E-state index contributed by atoms with van der Waals surface area (Å²) in [5.41, 5.74) is 2.39. The van der Waals surface area contributed by atoms with Gasteiger partial charge in [0.15, 0.2) is 5.76 Å². The summed E-state index contributed by atoms with van der Waals surface area (Å²) in [5.74, 6) is 0.473. The van der Waals surface area contributed by atoms with Crippen molar-refractivity contribution in [1.82, 2.24) is 14.8 Å². The first-order valence-corrected chi connectivity index (χ1v) is 10.2. The Morgan fingerprint density at radius 2 is 2.06 bits per heavy atom. The monoisotopic (exact) mass is 454 g/mol. The maximum atomic E-state index is 14.0. The van der Waals surface area contributed by atoms with Gasteiger partial charge in [0, 0.05) is 10.6 Å². The first-order valence-electron chi connectivity index (χ1n) is 9.81. The molecule has 0 radical (unpaired) electrons. The smallest absolute Gasteiger partial charge is 0.293 e. The third-order valence-corrected chi connectivity index (χ3v) is 5.10. The summed E-state index contributed by atoms with van der Waals surface area (Å²) in [6.45, 7) is 4.22. The van der Waals surface area contributed by atoms with Gasteiger partial charge in [-0.2, -0.15) is 0 Å². The van der Waals surface area contributed by atoms with Crippen molar-refractivity contribution in [1.29, 1.82) is 0 Å². The van der Waals surface area contributed by atoms with Crippen molar-refractivity contribution in [2.24, 2.45) is 0 Å². The number of aryl methyl sites for hydroxylation is 2. The van der Waals surface area contributed by atoms with Gasteiger partial charge in [-0.3, -0.25) is 10.1 Å². The van der Waals surface area contributed by atoms with Gasteiger partial charge in [-0.1, -0.05) is 29.8 Å². The van der Waals surface area contributed by atoms with Crippen LogP contribution in [0.25, 0.3) is 0 Å². The maximum Gasteiger partial charge on any atom is 0.293 e. The van der Waals surface area contributed by atoms with Crippen molar-refractivity contribution >= 4 is 23.5 Å². The molecule has 32 heavy (non-hydrogen) atoms. The summed E-state index contributed by atoms with van der Waals surface area (Å²) in [4.78, 5) is 16.5. The summed E-state index contributed by atoms with van der Waals surface area (Å²) >= 11 is 6.04. The molecular weight excluding hydrogens is 435 g/mol. The lowest BCUT2D eigenvalue weighted by Gasteiger charge is -2.08. The molecular formula is C23H20ClFN4O3. The minimum Gasteiger partial charge on any atom is -0.485 e. The zero-order valence-electron chi connectivity index (χ0n) is 17.4. The van der Waals surface area contributed by atoms with Gasteiger partial charge in [0.25, 0.3) is 5.91 Å². The van der Waals surface area contributed by atoms with Crippen molar-refractivity contribution in [2.45, 2.75) is 27.0 Å². The number of furan rings is 1. The minimum atomic E-state index is -0.510. The van der Waals surface area contributed by atoms with Gasteiger partial charge in [-0.05, 0) is 55.3 Å². The van der Waals surface area contributed by atoms with Crippen LogP contribution in [0, 0.1) is 19.7 Å². The lowest BCUT2D eigenvalue weighted by molar-refractivity contribution is 0.0991. The molecule has 0 atom stereocenters. The first-order chi connectivity index (χ1) is 15.4. The lowest BCUT2D eigenvalue weighted by atomic mass is 10.1. The fourth-order valence-electron chi connectivity index (χ4n) is 3.03. The SMILES string of the molecule is Cc1ccc(C)c(OCc2ccc(C(=O)Nc3ncn(Cc4c(F)cccc4Cl)n3)o2)c1. The molecule has 4 rings (SSSR count). The van der Waals surface area contributed by atoms with Crippen LogP contribution in [0.15, 0.2) is 59.3 Å². The number of ether oxygens (including phenoxy) is 1. The van der Waals surface area contributed by atoms with Gasteiger partial charge in [0.1, 0.15) is 30.3 Å². The number of anilines is 1. The van der Waals surface area contributed by atoms with E-state index in [2.05, 4.69) is 15.4 Å². The number of carbonyl (C=O) groups excluding carboxylic acids is 1. The molecule has 0 unspecified atom stereocenters. The second kappa shape index (κ2) is 9.23. The molecule has 0 saturated carbocycles. The Hall–Kier alpha value is -3.65. The second-order valence-corrected chi connectivity index (χ2v) is 7.65. The Bertz CT molecular complexity index is 1250. The van der Waals surface area contributed by atoms with Crippen LogP contribution in [0.1, 0.15) is 33.0 Å². The van der Waals surface area contributed by atoms with E-state index >= 15 is 0 Å². The topological polar surface area (TPSA) is 82.2 Å². The summed E-state index contributed by atoms with van der Waals surface area (Å²) in [5, 5.41) is 6.98. The van der Waals surface area contributed by atoms with E-state index in [-0.39, 0.29) is 35.4 Å². The number of hydrogen-bond acceptors (Lipinski definition) is 5. The number of rotatable bonds is 7. The maximum absolute atomic E-state index is 14.0. The molecule has 2 heterocycles. The Morgan fingerprint density at radius 3 is 2.88 bits per heavy atom. The number of aromatic nitrogens is 3. The number of hydrogen-bond donors (Lipinski definition) is 1. The molecule has 2 aromatic heterocycles. The number of carbonyl (C=O) groups is 1.